The van der Waals surface area contributed by atoms with E-state index >= 15 is 0 Å². The summed E-state index contributed by atoms with van der Waals surface area (Å²) in [6.45, 7) is 4.55. The Bertz CT molecular complexity index is 364. The molecule has 0 saturated heterocycles. The van der Waals surface area contributed by atoms with Crippen LogP contribution in [-0.2, 0) is 0 Å². The highest BCUT2D eigenvalue weighted by Gasteiger charge is 2.10. The molecule has 0 fully saturated rings. The van der Waals surface area contributed by atoms with Gasteiger partial charge in [-0.1, -0.05) is 44.8 Å². The van der Waals surface area contributed by atoms with Crippen LogP contribution in [0, 0.1) is 6.92 Å². The van der Waals surface area contributed by atoms with Gasteiger partial charge < -0.3 is 5.32 Å². The van der Waals surface area contributed by atoms with Crippen LogP contribution in [0.25, 0.3) is 0 Å². The van der Waals surface area contributed by atoms with Gasteiger partial charge >= 0.3 is 0 Å². The Labute approximate surface area is 107 Å². The zero-order valence-electron chi connectivity index (χ0n) is 8.68. The molecular weight excluding hydrogens is 322 g/mol. The van der Waals surface area contributed by atoms with Crippen molar-refractivity contribution < 1.29 is 4.79 Å². The third-order valence-electron chi connectivity index (χ3n) is 2.06. The minimum Gasteiger partial charge on any atom is -0.351 e. The molecule has 1 unspecified atom stereocenters. The molecule has 1 amide bonds. The van der Waals surface area contributed by atoms with E-state index < -0.39 is 0 Å². The molecule has 0 saturated carbocycles. The molecule has 0 spiro atoms. The largest absolute Gasteiger partial charge is 0.351 e. The average molecular weight is 335 g/mol. The molecular formula is C11H13Br2NO. The predicted octanol–water partition coefficient (Wildman–Crippen LogP) is 3.27. The molecule has 0 aromatic heterocycles. The summed E-state index contributed by atoms with van der Waals surface area (Å²) in [6.07, 6.45) is 0. The molecule has 0 aliphatic heterocycles. The van der Waals surface area contributed by atoms with Crippen molar-refractivity contribution in [1.29, 1.82) is 0 Å². The maximum atomic E-state index is 11.8. The molecule has 1 rings (SSSR count). The summed E-state index contributed by atoms with van der Waals surface area (Å²) in [6, 6.07) is 5.62. The van der Waals surface area contributed by atoms with E-state index in [1.807, 2.05) is 32.0 Å². The Morgan fingerprint density at radius 2 is 2.20 bits per heavy atom. The van der Waals surface area contributed by atoms with Crippen LogP contribution in [0.4, 0.5) is 0 Å². The van der Waals surface area contributed by atoms with Crippen LogP contribution in [0.15, 0.2) is 22.7 Å². The summed E-state index contributed by atoms with van der Waals surface area (Å²) >= 11 is 6.79. The first kappa shape index (κ1) is 12.7. The third-order valence-corrected chi connectivity index (χ3v) is 3.24. The van der Waals surface area contributed by atoms with Gasteiger partial charge in [0.25, 0.3) is 5.91 Å². The fraction of sp³-hybridized carbons (Fsp3) is 0.364. The molecule has 0 aliphatic rings. The number of halogens is 2. The smallest absolute Gasteiger partial charge is 0.251 e. The van der Waals surface area contributed by atoms with Crippen molar-refractivity contribution in [3.63, 3.8) is 0 Å². The highest BCUT2D eigenvalue weighted by atomic mass is 79.9. The molecule has 2 nitrogen and oxygen atoms in total. The monoisotopic (exact) mass is 333 g/mol. The topological polar surface area (TPSA) is 29.1 Å². The normalized spacial score (nSPS) is 12.3. The zero-order chi connectivity index (χ0) is 11.4. The Balaban J connectivity index is 2.78. The minimum absolute atomic E-state index is 0.0277. The van der Waals surface area contributed by atoms with Crippen LogP contribution in [-0.4, -0.2) is 17.3 Å². The summed E-state index contributed by atoms with van der Waals surface area (Å²) in [5, 5.41) is 2.86. The fourth-order valence-corrected chi connectivity index (χ4v) is 1.71. The number of alkyl halides is 1. The summed E-state index contributed by atoms with van der Waals surface area (Å²) < 4.78 is 0.960. The van der Waals surface area contributed by atoms with Crippen molar-refractivity contribution in [2.45, 2.75) is 18.7 Å². The van der Waals surface area contributed by atoms with Crippen molar-refractivity contribution in [1.82, 2.24) is 5.32 Å². The molecule has 1 aromatic rings. The lowest BCUT2D eigenvalue weighted by Crippen LogP contribution is -2.28. The van der Waals surface area contributed by atoms with Gasteiger partial charge in [0.1, 0.15) is 0 Å². The van der Waals surface area contributed by atoms with Crippen molar-refractivity contribution in [2.24, 2.45) is 0 Å². The van der Waals surface area contributed by atoms with Crippen LogP contribution >= 0.6 is 31.9 Å². The van der Waals surface area contributed by atoms with Crippen LogP contribution in [0.1, 0.15) is 22.8 Å². The quantitative estimate of drug-likeness (QED) is 0.844. The van der Waals surface area contributed by atoms with Gasteiger partial charge in [0.15, 0.2) is 0 Å². The van der Waals surface area contributed by atoms with Gasteiger partial charge in [-0.3, -0.25) is 4.79 Å². The second-order valence-electron chi connectivity index (χ2n) is 3.40. The molecule has 4 heteroatoms. The standard InChI is InChI=1S/C11H13Br2NO/c1-7(12)6-14-11(15)9-4-3-5-10(13)8(9)2/h3-5,7H,6H2,1-2H3,(H,14,15). The number of rotatable bonds is 3. The number of hydrogen-bond donors (Lipinski definition) is 1. The van der Waals surface area contributed by atoms with Crippen LogP contribution in [0.3, 0.4) is 0 Å². The van der Waals surface area contributed by atoms with Gasteiger partial charge in [0.2, 0.25) is 0 Å². The molecule has 0 heterocycles. The number of nitrogens with one attached hydrogen (secondary N) is 1. The summed E-state index contributed by atoms with van der Waals surface area (Å²) in [4.78, 5) is 12.1. The maximum Gasteiger partial charge on any atom is 0.251 e. The van der Waals surface area contributed by atoms with E-state index in [-0.39, 0.29) is 10.7 Å². The fourth-order valence-electron chi connectivity index (χ4n) is 1.18. The molecule has 0 aliphatic carbocycles. The lowest BCUT2D eigenvalue weighted by molar-refractivity contribution is 0.0953. The summed E-state index contributed by atoms with van der Waals surface area (Å²) in [5.41, 5.74) is 1.69. The molecule has 0 bridgehead atoms. The molecule has 1 aromatic carbocycles. The maximum absolute atomic E-state index is 11.8. The SMILES string of the molecule is Cc1c(Br)cccc1C(=O)NCC(C)Br. The Morgan fingerprint density at radius 3 is 2.80 bits per heavy atom. The van der Waals surface area contributed by atoms with Gasteiger partial charge in [0, 0.05) is 21.4 Å². The first-order valence-electron chi connectivity index (χ1n) is 4.69. The highest BCUT2D eigenvalue weighted by Crippen LogP contribution is 2.19. The predicted molar refractivity (Wildman–Crippen MR) is 69.6 cm³/mol. The molecule has 1 N–H and O–H groups in total. The van der Waals surface area contributed by atoms with E-state index in [0.717, 1.165) is 15.6 Å². The van der Waals surface area contributed by atoms with E-state index in [9.17, 15) is 4.79 Å². The second kappa shape index (κ2) is 5.66. The van der Waals surface area contributed by atoms with Gasteiger partial charge in [-0.2, -0.15) is 0 Å². The van der Waals surface area contributed by atoms with E-state index in [1.165, 1.54) is 0 Å². The number of carbonyl (C=O) groups is 1. The van der Waals surface area contributed by atoms with Crippen LogP contribution in [0.2, 0.25) is 0 Å². The average Bonchev–Trinajstić information content (AvgIpc) is 2.18. The molecule has 15 heavy (non-hydrogen) atoms. The van der Waals surface area contributed by atoms with E-state index in [1.54, 1.807) is 0 Å². The van der Waals surface area contributed by atoms with Crippen molar-refractivity contribution >= 4 is 37.8 Å². The first-order valence-corrected chi connectivity index (χ1v) is 6.40. The lowest BCUT2D eigenvalue weighted by atomic mass is 10.1. The Hall–Kier alpha value is -0.350. The third kappa shape index (κ3) is 3.61. The van der Waals surface area contributed by atoms with Crippen molar-refractivity contribution in [3.8, 4) is 0 Å². The van der Waals surface area contributed by atoms with Crippen LogP contribution < -0.4 is 5.32 Å². The van der Waals surface area contributed by atoms with Gasteiger partial charge in [0.05, 0.1) is 0 Å². The first-order chi connectivity index (χ1) is 7.02. The molecule has 0 radical (unpaired) electrons. The molecule has 82 valence electrons. The summed E-state index contributed by atoms with van der Waals surface area (Å²) in [5.74, 6) is -0.0277. The second-order valence-corrected chi connectivity index (χ2v) is 5.82. The highest BCUT2D eigenvalue weighted by molar-refractivity contribution is 9.10. The van der Waals surface area contributed by atoms with Gasteiger partial charge in [-0.25, -0.2) is 0 Å². The number of hydrogen-bond acceptors (Lipinski definition) is 1. The number of amides is 1. The Morgan fingerprint density at radius 1 is 1.53 bits per heavy atom. The van der Waals surface area contributed by atoms with E-state index in [2.05, 4.69) is 37.2 Å². The zero-order valence-corrected chi connectivity index (χ0v) is 11.9. The van der Waals surface area contributed by atoms with Crippen molar-refractivity contribution in [2.75, 3.05) is 6.54 Å². The minimum atomic E-state index is -0.0277. The number of carbonyl (C=O) groups excluding carboxylic acids is 1. The van der Waals surface area contributed by atoms with Crippen molar-refractivity contribution in [3.05, 3.63) is 33.8 Å². The molecule has 1 atom stereocenters. The van der Waals surface area contributed by atoms with E-state index in [0.29, 0.717) is 6.54 Å². The van der Waals surface area contributed by atoms with Gasteiger partial charge in [-0.05, 0) is 24.6 Å². The van der Waals surface area contributed by atoms with Gasteiger partial charge in [-0.15, -0.1) is 0 Å². The van der Waals surface area contributed by atoms with Crippen LogP contribution in [0.5, 0.6) is 0 Å². The number of benzene rings is 1. The summed E-state index contributed by atoms with van der Waals surface area (Å²) in [7, 11) is 0. The lowest BCUT2D eigenvalue weighted by Gasteiger charge is -2.09. The Kier molecular flexibility index (Phi) is 4.80. The van der Waals surface area contributed by atoms with E-state index in [4.69, 9.17) is 0 Å².